The number of nitrogens with one attached hydrogen (secondary N) is 1. The van der Waals surface area contributed by atoms with E-state index in [0.717, 1.165) is 0 Å². The maximum atomic E-state index is 12.6. The third-order valence-electron chi connectivity index (χ3n) is 4.27. The minimum atomic E-state index is -1.11. The topological polar surface area (TPSA) is 113 Å². The number of nitrogens with zero attached hydrogens (tertiary/aromatic N) is 1. The Morgan fingerprint density at radius 3 is 2.57 bits per heavy atom. The third-order valence-corrected chi connectivity index (χ3v) is 4.27. The molecule has 0 bridgehead atoms. The largest absolute Gasteiger partial charge is 0.479 e. The summed E-state index contributed by atoms with van der Waals surface area (Å²) in [6, 6.07) is 10.5. The Hall–Kier alpha value is -3.68. The number of fused-ring (bicyclic) bond motifs is 1. The van der Waals surface area contributed by atoms with E-state index >= 15 is 0 Å². The summed E-state index contributed by atoms with van der Waals surface area (Å²) in [7, 11) is 0. The molecular formula is C20H18N2O6. The molecule has 28 heavy (non-hydrogen) atoms. The maximum Gasteiger partial charge on any atom is 0.335 e. The molecule has 0 spiro atoms. The monoisotopic (exact) mass is 382 g/mol. The van der Waals surface area contributed by atoms with Gasteiger partial charge in [0.1, 0.15) is 12.3 Å². The van der Waals surface area contributed by atoms with Crippen molar-refractivity contribution in [3.05, 3.63) is 53.6 Å². The van der Waals surface area contributed by atoms with E-state index in [9.17, 15) is 19.2 Å². The zero-order valence-electron chi connectivity index (χ0n) is 15.3. The highest BCUT2D eigenvalue weighted by atomic mass is 16.5. The summed E-state index contributed by atoms with van der Waals surface area (Å²) < 4.78 is 5.55. The van der Waals surface area contributed by atoms with Crippen molar-refractivity contribution in [2.24, 2.45) is 0 Å². The van der Waals surface area contributed by atoms with Gasteiger partial charge in [-0.1, -0.05) is 6.07 Å². The minimum Gasteiger partial charge on any atom is -0.479 e. The second-order valence-corrected chi connectivity index (χ2v) is 6.36. The molecule has 0 aromatic heterocycles. The number of aromatic carboxylic acids is 1. The Kier molecular flexibility index (Phi) is 5.12. The van der Waals surface area contributed by atoms with Gasteiger partial charge in [0.25, 0.3) is 5.91 Å². The molecule has 0 aliphatic carbocycles. The number of hydrogen-bond acceptors (Lipinski definition) is 5. The van der Waals surface area contributed by atoms with Crippen molar-refractivity contribution in [2.75, 3.05) is 16.8 Å². The quantitative estimate of drug-likeness (QED) is 0.768. The molecule has 0 saturated carbocycles. The van der Waals surface area contributed by atoms with Gasteiger partial charge in [-0.25, -0.2) is 4.79 Å². The van der Waals surface area contributed by atoms with Crippen LogP contribution >= 0.6 is 0 Å². The molecule has 2 aromatic rings. The van der Waals surface area contributed by atoms with Crippen LogP contribution in [0.2, 0.25) is 0 Å². The lowest BCUT2D eigenvalue weighted by molar-refractivity contribution is -0.127. The molecule has 1 heterocycles. The molecular weight excluding hydrogens is 364 g/mol. The van der Waals surface area contributed by atoms with Crippen LogP contribution in [0.3, 0.4) is 0 Å². The molecule has 1 aliphatic rings. The number of carbonyl (C=O) groups is 4. The third kappa shape index (κ3) is 3.85. The highest BCUT2D eigenvalue weighted by Gasteiger charge is 2.33. The fraction of sp³-hybridized carbons (Fsp3) is 0.200. The van der Waals surface area contributed by atoms with Crippen LogP contribution in [0.4, 0.5) is 11.4 Å². The van der Waals surface area contributed by atoms with E-state index in [1.165, 1.54) is 36.1 Å². The number of carboxylic acids is 1. The van der Waals surface area contributed by atoms with Crippen molar-refractivity contribution in [1.82, 2.24) is 0 Å². The van der Waals surface area contributed by atoms with Gasteiger partial charge in [-0.15, -0.1) is 0 Å². The van der Waals surface area contributed by atoms with Gasteiger partial charge >= 0.3 is 5.97 Å². The molecule has 2 aromatic carbocycles. The highest BCUT2D eigenvalue weighted by molar-refractivity contribution is 6.07. The van der Waals surface area contributed by atoms with Crippen LogP contribution < -0.4 is 15.0 Å². The Balaban J connectivity index is 1.85. The van der Waals surface area contributed by atoms with Gasteiger partial charge in [0, 0.05) is 11.3 Å². The Labute approximate surface area is 160 Å². The number of carbonyl (C=O) groups excluding carboxylic acids is 3. The number of carboxylic acid groups (broad SMARTS) is 1. The average Bonchev–Trinajstić information content (AvgIpc) is 2.65. The first-order valence-corrected chi connectivity index (χ1v) is 8.52. The molecule has 0 radical (unpaired) electrons. The van der Waals surface area contributed by atoms with Gasteiger partial charge in [-0.3, -0.25) is 19.3 Å². The first-order valence-electron chi connectivity index (χ1n) is 8.52. The van der Waals surface area contributed by atoms with Crippen molar-refractivity contribution in [2.45, 2.75) is 20.0 Å². The summed E-state index contributed by atoms with van der Waals surface area (Å²) in [4.78, 5) is 49.0. The van der Waals surface area contributed by atoms with Gasteiger partial charge in [0.15, 0.2) is 11.9 Å². The van der Waals surface area contributed by atoms with Gasteiger partial charge in [0.05, 0.1) is 11.3 Å². The molecule has 0 fully saturated rings. The first kappa shape index (κ1) is 19.1. The highest BCUT2D eigenvalue weighted by Crippen LogP contribution is 2.35. The van der Waals surface area contributed by atoms with E-state index in [4.69, 9.17) is 9.84 Å². The van der Waals surface area contributed by atoms with E-state index in [1.807, 2.05) is 0 Å². The number of benzene rings is 2. The summed E-state index contributed by atoms with van der Waals surface area (Å²) in [5.74, 6) is -1.81. The van der Waals surface area contributed by atoms with Crippen LogP contribution in [0.15, 0.2) is 42.5 Å². The van der Waals surface area contributed by atoms with Crippen molar-refractivity contribution in [3.8, 4) is 5.75 Å². The zero-order chi connectivity index (χ0) is 20.4. The summed E-state index contributed by atoms with van der Waals surface area (Å²) in [6.07, 6.45) is -0.779. The van der Waals surface area contributed by atoms with Crippen LogP contribution in [0, 0.1) is 0 Å². The lowest BCUT2D eigenvalue weighted by atomic mass is 10.1. The number of ketones is 1. The molecule has 8 heteroatoms. The van der Waals surface area contributed by atoms with Crippen LogP contribution in [-0.4, -0.2) is 41.3 Å². The fourth-order valence-electron chi connectivity index (χ4n) is 2.86. The Bertz CT molecular complexity index is 984. The van der Waals surface area contributed by atoms with Gasteiger partial charge < -0.3 is 15.2 Å². The molecule has 1 unspecified atom stereocenters. The second kappa shape index (κ2) is 7.51. The summed E-state index contributed by atoms with van der Waals surface area (Å²) in [6.45, 7) is 2.67. The first-order chi connectivity index (χ1) is 13.3. The van der Waals surface area contributed by atoms with Gasteiger partial charge in [-0.2, -0.15) is 0 Å². The normalized spacial score (nSPS) is 15.4. The van der Waals surface area contributed by atoms with E-state index in [-0.39, 0.29) is 17.9 Å². The lowest BCUT2D eigenvalue weighted by Crippen LogP contribution is -2.47. The number of hydrogen-bond donors (Lipinski definition) is 2. The average molecular weight is 382 g/mol. The van der Waals surface area contributed by atoms with Crippen molar-refractivity contribution in [3.63, 3.8) is 0 Å². The summed E-state index contributed by atoms with van der Waals surface area (Å²) >= 11 is 0. The standard InChI is InChI=1S/C20H18N2O6/c1-11(23)13-6-7-17-16(9-13)22(19(25)12(2)28-17)10-18(24)21-15-5-3-4-14(8-15)20(26)27/h3-9,12H,10H2,1-2H3,(H,21,24)(H,26,27). The number of Topliss-reactive ketones (excluding diaryl/α,β-unsaturated/α-hetero) is 1. The Morgan fingerprint density at radius 1 is 1.14 bits per heavy atom. The molecule has 2 N–H and O–H groups in total. The predicted octanol–water partition coefficient (Wildman–Crippen LogP) is 2.34. The molecule has 3 rings (SSSR count). The smallest absolute Gasteiger partial charge is 0.335 e. The van der Waals surface area contributed by atoms with Crippen LogP contribution in [-0.2, 0) is 9.59 Å². The van der Waals surface area contributed by atoms with Crippen LogP contribution in [0.1, 0.15) is 34.6 Å². The Morgan fingerprint density at radius 2 is 1.89 bits per heavy atom. The van der Waals surface area contributed by atoms with E-state index in [1.54, 1.807) is 25.1 Å². The summed E-state index contributed by atoms with van der Waals surface area (Å²) in [5, 5.41) is 11.6. The van der Waals surface area contributed by atoms with E-state index in [2.05, 4.69) is 5.32 Å². The van der Waals surface area contributed by atoms with Gasteiger partial charge in [0.2, 0.25) is 5.91 Å². The fourth-order valence-corrected chi connectivity index (χ4v) is 2.86. The van der Waals surface area contributed by atoms with Gasteiger partial charge in [-0.05, 0) is 50.2 Å². The van der Waals surface area contributed by atoms with Crippen molar-refractivity contribution in [1.29, 1.82) is 0 Å². The molecule has 2 amide bonds. The van der Waals surface area contributed by atoms with Crippen molar-refractivity contribution < 1.29 is 29.0 Å². The molecule has 1 atom stereocenters. The number of anilines is 2. The maximum absolute atomic E-state index is 12.6. The van der Waals surface area contributed by atoms with Crippen LogP contribution in [0.5, 0.6) is 5.75 Å². The van der Waals surface area contributed by atoms with E-state index in [0.29, 0.717) is 22.7 Å². The molecule has 1 aliphatic heterocycles. The van der Waals surface area contributed by atoms with Crippen molar-refractivity contribution >= 4 is 34.9 Å². The van der Waals surface area contributed by atoms with Crippen LogP contribution in [0.25, 0.3) is 0 Å². The number of ether oxygens (including phenoxy) is 1. The minimum absolute atomic E-state index is 0.0327. The van der Waals surface area contributed by atoms with E-state index < -0.39 is 23.9 Å². The molecule has 144 valence electrons. The molecule has 0 saturated heterocycles. The molecule has 8 nitrogen and oxygen atoms in total. The number of amides is 2. The predicted molar refractivity (Wildman–Crippen MR) is 101 cm³/mol. The second-order valence-electron chi connectivity index (χ2n) is 6.36. The number of rotatable bonds is 5. The SMILES string of the molecule is CC(=O)c1ccc2c(c1)N(CC(=O)Nc1cccc(C(=O)O)c1)C(=O)C(C)O2. The zero-order valence-corrected chi connectivity index (χ0v) is 15.3. The lowest BCUT2D eigenvalue weighted by Gasteiger charge is -2.32. The summed E-state index contributed by atoms with van der Waals surface area (Å²) in [5.41, 5.74) is 1.07.